The fourth-order valence-electron chi connectivity index (χ4n) is 1.44. The smallest absolute Gasteiger partial charge is 0.0493 e. The van der Waals surface area contributed by atoms with Crippen LogP contribution in [0.3, 0.4) is 0 Å². The van der Waals surface area contributed by atoms with E-state index in [0.29, 0.717) is 11.1 Å². The van der Waals surface area contributed by atoms with Crippen molar-refractivity contribution >= 4 is 0 Å². The van der Waals surface area contributed by atoms with Gasteiger partial charge in [0.05, 0.1) is 0 Å². The third-order valence-corrected chi connectivity index (χ3v) is 2.66. The van der Waals surface area contributed by atoms with Gasteiger partial charge < -0.3 is 11.5 Å². The van der Waals surface area contributed by atoms with Gasteiger partial charge in [-0.05, 0) is 24.7 Å². The van der Waals surface area contributed by atoms with Crippen molar-refractivity contribution in [1.82, 2.24) is 0 Å². The van der Waals surface area contributed by atoms with Crippen molar-refractivity contribution in [2.45, 2.75) is 32.2 Å². The summed E-state index contributed by atoms with van der Waals surface area (Å²) in [5.74, 6) is 0. The summed E-state index contributed by atoms with van der Waals surface area (Å²) < 4.78 is 0. The number of hydrogen-bond acceptors (Lipinski definition) is 2. The molecule has 4 N–H and O–H groups in total. The molecule has 70 valence electrons. The number of rotatable bonds is 3. The van der Waals surface area contributed by atoms with Gasteiger partial charge in [0.1, 0.15) is 0 Å². The first kappa shape index (κ1) is 11.2. The van der Waals surface area contributed by atoms with Crippen LogP contribution in [0.15, 0.2) is 25.4 Å². The first-order valence-electron chi connectivity index (χ1n) is 4.32. The molecule has 0 aromatic heterocycles. The van der Waals surface area contributed by atoms with Gasteiger partial charge in [0, 0.05) is 11.7 Å². The average Bonchev–Trinajstić information content (AvgIpc) is 2.87. The summed E-state index contributed by atoms with van der Waals surface area (Å²) in [7, 11) is 0. The molecule has 0 saturated heterocycles. The molecule has 1 rings (SSSR count). The fourth-order valence-corrected chi connectivity index (χ4v) is 1.44. The van der Waals surface area contributed by atoms with Gasteiger partial charge in [-0.2, -0.15) is 0 Å². The summed E-state index contributed by atoms with van der Waals surface area (Å²) in [5, 5.41) is 0. The molecule has 0 heterocycles. The molecule has 0 aromatic carbocycles. The Morgan fingerprint density at radius 2 is 1.92 bits per heavy atom. The number of hydrogen-bond donors (Lipinski definition) is 2. The van der Waals surface area contributed by atoms with Crippen LogP contribution in [0.25, 0.3) is 0 Å². The minimum Gasteiger partial charge on any atom is -0.401 e. The van der Waals surface area contributed by atoms with E-state index in [2.05, 4.69) is 26.7 Å². The Kier molecular flexibility index (Phi) is 4.04. The molecule has 1 fully saturated rings. The van der Waals surface area contributed by atoms with Crippen LogP contribution in [0.4, 0.5) is 0 Å². The van der Waals surface area contributed by atoms with E-state index in [-0.39, 0.29) is 6.04 Å². The lowest BCUT2D eigenvalue weighted by Gasteiger charge is -2.20. The van der Waals surface area contributed by atoms with E-state index in [4.69, 9.17) is 11.5 Å². The van der Waals surface area contributed by atoms with Crippen molar-refractivity contribution in [1.29, 1.82) is 0 Å². The van der Waals surface area contributed by atoms with E-state index in [1.165, 1.54) is 12.8 Å². The Morgan fingerprint density at radius 1 is 1.50 bits per heavy atom. The van der Waals surface area contributed by atoms with Gasteiger partial charge in [0.15, 0.2) is 0 Å². The van der Waals surface area contributed by atoms with E-state index in [0.717, 1.165) is 6.42 Å². The third kappa shape index (κ3) is 2.11. The van der Waals surface area contributed by atoms with Crippen molar-refractivity contribution in [2.75, 3.05) is 0 Å². The van der Waals surface area contributed by atoms with Crippen LogP contribution < -0.4 is 11.5 Å². The average molecular weight is 168 g/mol. The maximum absolute atomic E-state index is 5.84. The van der Waals surface area contributed by atoms with Crippen molar-refractivity contribution in [3.63, 3.8) is 0 Å². The van der Waals surface area contributed by atoms with Crippen LogP contribution in [0.5, 0.6) is 0 Å². The Morgan fingerprint density at radius 3 is 2.00 bits per heavy atom. The standard InChI is InChI=1S/C8H16N2.C2H4/c1-3-8(4-5-8)7(10)6(2)9;1-2/h7H,2-5,9-10H2,1H3;1-2H2. The number of nitrogens with two attached hydrogens (primary N) is 2. The molecule has 0 bridgehead atoms. The van der Waals surface area contributed by atoms with E-state index < -0.39 is 0 Å². The van der Waals surface area contributed by atoms with Crippen LogP contribution in [0.2, 0.25) is 0 Å². The van der Waals surface area contributed by atoms with Crippen molar-refractivity contribution in [2.24, 2.45) is 16.9 Å². The first-order valence-corrected chi connectivity index (χ1v) is 4.32. The van der Waals surface area contributed by atoms with Gasteiger partial charge in [-0.1, -0.05) is 13.5 Å². The minimum absolute atomic E-state index is 0.0255. The molecule has 0 radical (unpaired) electrons. The molecule has 1 unspecified atom stereocenters. The first-order chi connectivity index (χ1) is 5.62. The van der Waals surface area contributed by atoms with Gasteiger partial charge in [0.25, 0.3) is 0 Å². The zero-order valence-corrected chi connectivity index (χ0v) is 7.97. The van der Waals surface area contributed by atoms with Crippen LogP contribution >= 0.6 is 0 Å². The van der Waals surface area contributed by atoms with E-state index >= 15 is 0 Å². The second-order valence-electron chi connectivity index (χ2n) is 3.27. The highest BCUT2D eigenvalue weighted by molar-refractivity contribution is 5.13. The van der Waals surface area contributed by atoms with Crippen LogP contribution in [-0.4, -0.2) is 6.04 Å². The van der Waals surface area contributed by atoms with Gasteiger partial charge >= 0.3 is 0 Å². The molecule has 0 aliphatic heterocycles. The topological polar surface area (TPSA) is 52.0 Å². The van der Waals surface area contributed by atoms with Crippen LogP contribution in [-0.2, 0) is 0 Å². The van der Waals surface area contributed by atoms with Crippen molar-refractivity contribution in [3.05, 3.63) is 25.4 Å². The lowest BCUT2D eigenvalue weighted by molar-refractivity contribution is 0.421. The SMILES string of the molecule is C=C.C=C(N)C(N)C1(CC)CC1. The predicted octanol–water partition coefficient (Wildman–Crippen LogP) is 1.78. The lowest BCUT2D eigenvalue weighted by atomic mass is 9.92. The molecule has 1 aliphatic rings. The van der Waals surface area contributed by atoms with Crippen LogP contribution in [0, 0.1) is 5.41 Å². The zero-order chi connectivity index (χ0) is 9.78. The highest BCUT2D eigenvalue weighted by atomic mass is 14.8. The second kappa shape index (κ2) is 4.31. The minimum atomic E-state index is 0.0255. The van der Waals surface area contributed by atoms with Crippen molar-refractivity contribution in [3.8, 4) is 0 Å². The summed E-state index contributed by atoms with van der Waals surface area (Å²) in [6.45, 7) is 11.8. The van der Waals surface area contributed by atoms with E-state index in [9.17, 15) is 0 Å². The fraction of sp³-hybridized carbons (Fsp3) is 0.600. The van der Waals surface area contributed by atoms with Crippen molar-refractivity contribution < 1.29 is 0 Å². The highest BCUT2D eigenvalue weighted by Crippen LogP contribution is 2.51. The molecule has 1 atom stereocenters. The van der Waals surface area contributed by atoms with E-state index in [1.54, 1.807) is 0 Å². The Bertz CT molecular complexity index is 159. The monoisotopic (exact) mass is 168 g/mol. The lowest BCUT2D eigenvalue weighted by Crippen LogP contribution is -2.36. The molecule has 12 heavy (non-hydrogen) atoms. The maximum Gasteiger partial charge on any atom is 0.0493 e. The summed E-state index contributed by atoms with van der Waals surface area (Å²) >= 11 is 0. The van der Waals surface area contributed by atoms with Gasteiger partial charge in [-0.25, -0.2) is 0 Å². The second-order valence-corrected chi connectivity index (χ2v) is 3.27. The predicted molar refractivity (Wildman–Crippen MR) is 54.5 cm³/mol. The quantitative estimate of drug-likeness (QED) is 0.631. The third-order valence-electron chi connectivity index (χ3n) is 2.66. The largest absolute Gasteiger partial charge is 0.401 e. The molecule has 1 saturated carbocycles. The van der Waals surface area contributed by atoms with E-state index in [1.807, 2.05) is 0 Å². The molecule has 0 amide bonds. The molecule has 2 nitrogen and oxygen atoms in total. The van der Waals surface area contributed by atoms with Gasteiger partial charge in [-0.3, -0.25) is 0 Å². The molecule has 0 aromatic rings. The van der Waals surface area contributed by atoms with Crippen LogP contribution in [0.1, 0.15) is 26.2 Å². The Labute approximate surface area is 75.3 Å². The molecule has 1 aliphatic carbocycles. The molecular weight excluding hydrogens is 148 g/mol. The highest BCUT2D eigenvalue weighted by Gasteiger charge is 2.46. The Balaban J connectivity index is 0.000000561. The molecule has 0 spiro atoms. The summed E-state index contributed by atoms with van der Waals surface area (Å²) in [4.78, 5) is 0. The Hall–Kier alpha value is -0.760. The molecular formula is C10H20N2. The van der Waals surface area contributed by atoms with Gasteiger partial charge in [0.2, 0.25) is 0 Å². The summed E-state index contributed by atoms with van der Waals surface area (Å²) in [6.07, 6.45) is 3.58. The zero-order valence-electron chi connectivity index (χ0n) is 7.97. The molecule has 2 heteroatoms. The summed E-state index contributed by atoms with van der Waals surface area (Å²) in [6, 6.07) is 0.0255. The normalized spacial score (nSPS) is 20.2. The summed E-state index contributed by atoms with van der Waals surface area (Å²) in [5.41, 5.74) is 12.3. The maximum atomic E-state index is 5.84. The van der Waals surface area contributed by atoms with Gasteiger partial charge in [-0.15, -0.1) is 13.2 Å².